The predicted molar refractivity (Wildman–Crippen MR) is 81.5 cm³/mol. The molecule has 2 heterocycles. The van der Waals surface area contributed by atoms with Gasteiger partial charge in [0.1, 0.15) is 17.3 Å². The standard InChI is InChI=1S/C13H18F2N4OS/c1-3-8-5-9-10(17-6-13(14,15)7-20)18-12(16-4-2)19-11(9)21-8/h5,20H,3-4,6-7H2,1-2H3,(H2,16,17,18,19). The molecular weight excluding hydrogens is 298 g/mol. The minimum atomic E-state index is -3.18. The Balaban J connectivity index is 2.36. The summed E-state index contributed by atoms with van der Waals surface area (Å²) in [5, 5.41) is 15.0. The fourth-order valence-electron chi connectivity index (χ4n) is 1.79. The number of alkyl halides is 2. The molecule has 0 aliphatic heterocycles. The Bertz CT molecular complexity index is 617. The lowest BCUT2D eigenvalue weighted by molar-refractivity contribution is -0.0373. The zero-order valence-electron chi connectivity index (χ0n) is 11.9. The van der Waals surface area contributed by atoms with Gasteiger partial charge in [0.15, 0.2) is 0 Å². The van der Waals surface area contributed by atoms with Gasteiger partial charge >= 0.3 is 0 Å². The Kier molecular flexibility index (Phi) is 4.89. The lowest BCUT2D eigenvalue weighted by Gasteiger charge is -2.15. The second-order valence-electron chi connectivity index (χ2n) is 4.58. The van der Waals surface area contributed by atoms with Gasteiger partial charge in [-0.1, -0.05) is 6.92 Å². The summed E-state index contributed by atoms with van der Waals surface area (Å²) >= 11 is 1.52. The van der Waals surface area contributed by atoms with E-state index in [1.165, 1.54) is 11.3 Å². The quantitative estimate of drug-likeness (QED) is 0.733. The minimum Gasteiger partial charge on any atom is -0.390 e. The van der Waals surface area contributed by atoms with Crippen molar-refractivity contribution in [2.45, 2.75) is 26.2 Å². The lowest BCUT2D eigenvalue weighted by Crippen LogP contribution is -2.31. The van der Waals surface area contributed by atoms with Gasteiger partial charge in [0.25, 0.3) is 5.92 Å². The molecule has 0 spiro atoms. The van der Waals surface area contributed by atoms with E-state index in [1.54, 1.807) is 0 Å². The molecule has 2 aromatic rings. The molecule has 8 heteroatoms. The van der Waals surface area contributed by atoms with Crippen LogP contribution in [0.25, 0.3) is 10.2 Å². The van der Waals surface area contributed by atoms with Crippen LogP contribution < -0.4 is 10.6 Å². The average molecular weight is 316 g/mol. The molecule has 21 heavy (non-hydrogen) atoms. The molecule has 0 saturated heterocycles. The van der Waals surface area contributed by atoms with E-state index in [0.717, 1.165) is 21.5 Å². The molecule has 0 atom stereocenters. The molecule has 0 radical (unpaired) electrons. The summed E-state index contributed by atoms with van der Waals surface area (Å²) in [6.45, 7) is 2.71. The summed E-state index contributed by atoms with van der Waals surface area (Å²) in [6, 6.07) is 1.91. The van der Waals surface area contributed by atoms with Gasteiger partial charge in [-0.3, -0.25) is 0 Å². The van der Waals surface area contributed by atoms with Crippen LogP contribution in [-0.4, -0.2) is 40.7 Å². The zero-order chi connectivity index (χ0) is 15.5. The topological polar surface area (TPSA) is 70.1 Å². The fraction of sp³-hybridized carbons (Fsp3) is 0.538. The molecule has 0 amide bonds. The number of thiophene rings is 1. The Labute approximate surface area is 125 Å². The number of nitrogens with one attached hydrogen (secondary N) is 2. The molecule has 2 aromatic heterocycles. The SMILES string of the molecule is CCNc1nc(NCC(F)(F)CO)c2cc(CC)sc2n1. The van der Waals surface area contributed by atoms with E-state index in [0.29, 0.717) is 18.3 Å². The first kappa shape index (κ1) is 15.8. The van der Waals surface area contributed by atoms with E-state index in [9.17, 15) is 8.78 Å². The maximum absolute atomic E-state index is 13.2. The number of hydrogen-bond donors (Lipinski definition) is 3. The number of nitrogens with zero attached hydrogens (tertiary/aromatic N) is 2. The zero-order valence-corrected chi connectivity index (χ0v) is 12.7. The predicted octanol–water partition coefficient (Wildman–Crippen LogP) is 2.73. The highest BCUT2D eigenvalue weighted by molar-refractivity contribution is 7.18. The highest BCUT2D eigenvalue weighted by atomic mass is 32.1. The molecule has 0 fully saturated rings. The molecule has 5 nitrogen and oxygen atoms in total. The number of aliphatic hydroxyl groups is 1. The highest BCUT2D eigenvalue weighted by Crippen LogP contribution is 2.30. The summed E-state index contributed by atoms with van der Waals surface area (Å²) in [7, 11) is 0. The van der Waals surface area contributed by atoms with E-state index in [-0.39, 0.29) is 0 Å². The molecule has 0 aliphatic rings. The lowest BCUT2D eigenvalue weighted by atomic mass is 10.3. The van der Waals surface area contributed by atoms with Crippen molar-refractivity contribution in [3.63, 3.8) is 0 Å². The van der Waals surface area contributed by atoms with Gasteiger partial charge in [-0.05, 0) is 19.4 Å². The van der Waals surface area contributed by atoms with Gasteiger partial charge in [-0.15, -0.1) is 11.3 Å². The minimum absolute atomic E-state index is 0.361. The third kappa shape index (κ3) is 3.76. The first-order chi connectivity index (χ1) is 9.99. The first-order valence-corrected chi connectivity index (χ1v) is 7.57. The van der Waals surface area contributed by atoms with Crippen molar-refractivity contribution >= 4 is 33.3 Å². The molecule has 0 saturated carbocycles. The molecule has 0 bridgehead atoms. The van der Waals surface area contributed by atoms with E-state index in [1.807, 2.05) is 19.9 Å². The van der Waals surface area contributed by atoms with Crippen LogP contribution in [0.3, 0.4) is 0 Å². The molecule has 0 aliphatic carbocycles. The van der Waals surface area contributed by atoms with Crippen molar-refractivity contribution in [2.24, 2.45) is 0 Å². The van der Waals surface area contributed by atoms with Crippen LogP contribution in [0.5, 0.6) is 0 Å². The van der Waals surface area contributed by atoms with Crippen molar-refractivity contribution < 1.29 is 13.9 Å². The Morgan fingerprint density at radius 3 is 2.67 bits per heavy atom. The van der Waals surface area contributed by atoms with Crippen molar-refractivity contribution in [2.75, 3.05) is 30.3 Å². The van der Waals surface area contributed by atoms with Gasteiger partial charge in [0.05, 0.1) is 11.9 Å². The highest BCUT2D eigenvalue weighted by Gasteiger charge is 2.28. The second-order valence-corrected chi connectivity index (χ2v) is 5.69. The molecule has 3 N–H and O–H groups in total. The Morgan fingerprint density at radius 2 is 2.05 bits per heavy atom. The molecule has 116 valence electrons. The Morgan fingerprint density at radius 1 is 1.29 bits per heavy atom. The van der Waals surface area contributed by atoms with Crippen LogP contribution in [0.1, 0.15) is 18.7 Å². The molecule has 0 unspecified atom stereocenters. The van der Waals surface area contributed by atoms with Gasteiger partial charge in [0, 0.05) is 11.4 Å². The summed E-state index contributed by atoms with van der Waals surface area (Å²) in [5.74, 6) is -2.41. The van der Waals surface area contributed by atoms with Crippen LogP contribution >= 0.6 is 11.3 Å². The average Bonchev–Trinajstić information content (AvgIpc) is 2.88. The maximum atomic E-state index is 13.2. The number of halogens is 2. The number of rotatable bonds is 7. The molecule has 0 aromatic carbocycles. The second kappa shape index (κ2) is 6.48. The largest absolute Gasteiger partial charge is 0.390 e. The van der Waals surface area contributed by atoms with Crippen molar-refractivity contribution in [1.29, 1.82) is 0 Å². The molecular formula is C13H18F2N4OS. The van der Waals surface area contributed by atoms with Crippen LogP contribution in [0.4, 0.5) is 20.5 Å². The fourth-order valence-corrected chi connectivity index (χ4v) is 2.75. The third-order valence-corrected chi connectivity index (χ3v) is 4.05. The number of aryl methyl sites for hydroxylation is 1. The summed E-state index contributed by atoms with van der Waals surface area (Å²) in [5.41, 5.74) is 0. The maximum Gasteiger partial charge on any atom is 0.287 e. The van der Waals surface area contributed by atoms with Gasteiger partial charge in [-0.25, -0.2) is 13.8 Å². The smallest absolute Gasteiger partial charge is 0.287 e. The number of hydrogen-bond acceptors (Lipinski definition) is 6. The molecule has 2 rings (SSSR count). The van der Waals surface area contributed by atoms with E-state index in [2.05, 4.69) is 20.6 Å². The van der Waals surface area contributed by atoms with Gasteiger partial charge in [0.2, 0.25) is 5.95 Å². The van der Waals surface area contributed by atoms with Crippen molar-refractivity contribution in [1.82, 2.24) is 9.97 Å². The van der Waals surface area contributed by atoms with Crippen molar-refractivity contribution in [3.05, 3.63) is 10.9 Å². The van der Waals surface area contributed by atoms with Crippen LogP contribution in [0.15, 0.2) is 6.07 Å². The Hall–Kier alpha value is -1.54. The van der Waals surface area contributed by atoms with Crippen LogP contribution in [0, 0.1) is 0 Å². The normalized spacial score (nSPS) is 11.9. The first-order valence-electron chi connectivity index (χ1n) is 6.76. The van der Waals surface area contributed by atoms with E-state index >= 15 is 0 Å². The number of aliphatic hydroxyl groups excluding tert-OH is 1. The van der Waals surface area contributed by atoms with Gasteiger partial charge in [-0.2, -0.15) is 4.98 Å². The van der Waals surface area contributed by atoms with Crippen molar-refractivity contribution in [3.8, 4) is 0 Å². The van der Waals surface area contributed by atoms with E-state index in [4.69, 9.17) is 5.11 Å². The summed E-state index contributed by atoms with van der Waals surface area (Å²) < 4.78 is 26.4. The number of aromatic nitrogens is 2. The van der Waals surface area contributed by atoms with Gasteiger partial charge < -0.3 is 15.7 Å². The van der Waals surface area contributed by atoms with Crippen LogP contribution in [-0.2, 0) is 6.42 Å². The van der Waals surface area contributed by atoms with E-state index < -0.39 is 19.1 Å². The number of anilines is 2. The number of fused-ring (bicyclic) bond motifs is 1. The summed E-state index contributed by atoms with van der Waals surface area (Å²) in [6.07, 6.45) is 0.851. The monoisotopic (exact) mass is 316 g/mol. The summed E-state index contributed by atoms with van der Waals surface area (Å²) in [4.78, 5) is 10.5. The third-order valence-electron chi connectivity index (χ3n) is 2.87. The van der Waals surface area contributed by atoms with Crippen LogP contribution in [0.2, 0.25) is 0 Å².